The summed E-state index contributed by atoms with van der Waals surface area (Å²) in [4.78, 5) is 25.4. The molecule has 0 bridgehead atoms. The molecule has 23 heavy (non-hydrogen) atoms. The first-order chi connectivity index (χ1) is 10.9. The van der Waals surface area contributed by atoms with Crippen molar-refractivity contribution >= 4 is 45.0 Å². The third kappa shape index (κ3) is 5.69. The Balaban J connectivity index is 1.98. The van der Waals surface area contributed by atoms with E-state index in [9.17, 15) is 9.59 Å². The summed E-state index contributed by atoms with van der Waals surface area (Å²) in [6, 6.07) is 14.5. The van der Waals surface area contributed by atoms with Gasteiger partial charge in [-0.3, -0.25) is 9.59 Å². The average molecular weight is 396 g/mol. The number of hydrogen-bond acceptors (Lipinski definition) is 2. The maximum atomic E-state index is 12.1. The first kappa shape index (κ1) is 17.5. The van der Waals surface area contributed by atoms with Crippen LogP contribution in [0.2, 0.25) is 5.02 Å². The van der Waals surface area contributed by atoms with Gasteiger partial charge in [0.1, 0.15) is 6.54 Å². The molecule has 2 amide bonds. The molecular weight excluding hydrogens is 380 g/mol. The first-order valence-electron chi connectivity index (χ1n) is 6.99. The van der Waals surface area contributed by atoms with Crippen LogP contribution in [0.3, 0.4) is 0 Å². The Bertz CT molecular complexity index is 687. The lowest BCUT2D eigenvalue weighted by Crippen LogP contribution is -2.36. The van der Waals surface area contributed by atoms with Gasteiger partial charge in [-0.2, -0.15) is 0 Å². The normalized spacial score (nSPS) is 10.2. The van der Waals surface area contributed by atoms with Gasteiger partial charge in [-0.15, -0.1) is 0 Å². The molecule has 0 saturated heterocycles. The molecule has 0 aromatic heterocycles. The Morgan fingerprint density at radius 3 is 2.26 bits per heavy atom. The minimum atomic E-state index is -0.239. The number of benzene rings is 2. The number of amides is 2. The maximum Gasteiger partial charge on any atom is 0.244 e. The minimum absolute atomic E-state index is 0.00593. The molecule has 0 unspecified atom stereocenters. The standard InChI is InChI=1S/C17H16BrClN2O2/c1-12(22)21(10-13-2-6-15(19)7-3-13)11-17(23)20-16-8-4-14(18)5-9-16/h2-9H,10-11H2,1H3,(H,20,23). The number of nitrogens with zero attached hydrogens (tertiary/aromatic N) is 1. The van der Waals surface area contributed by atoms with Crippen LogP contribution in [0.5, 0.6) is 0 Å². The molecule has 0 fully saturated rings. The van der Waals surface area contributed by atoms with Crippen LogP contribution in [0.1, 0.15) is 12.5 Å². The highest BCUT2D eigenvalue weighted by molar-refractivity contribution is 9.10. The number of halogens is 2. The second kappa shape index (κ2) is 8.13. The molecule has 0 radical (unpaired) electrons. The van der Waals surface area contributed by atoms with Crippen LogP contribution in [-0.2, 0) is 16.1 Å². The zero-order chi connectivity index (χ0) is 16.8. The summed E-state index contributed by atoms with van der Waals surface area (Å²) in [5.74, 6) is -0.401. The van der Waals surface area contributed by atoms with Crippen molar-refractivity contribution in [3.05, 3.63) is 63.6 Å². The minimum Gasteiger partial charge on any atom is -0.329 e. The number of nitrogens with one attached hydrogen (secondary N) is 1. The van der Waals surface area contributed by atoms with Gasteiger partial charge < -0.3 is 10.2 Å². The van der Waals surface area contributed by atoms with Crippen LogP contribution >= 0.6 is 27.5 Å². The van der Waals surface area contributed by atoms with E-state index in [1.165, 1.54) is 11.8 Å². The van der Waals surface area contributed by atoms with Crippen molar-refractivity contribution in [1.82, 2.24) is 4.90 Å². The van der Waals surface area contributed by atoms with E-state index in [1.807, 2.05) is 24.3 Å². The largest absolute Gasteiger partial charge is 0.329 e. The molecule has 2 rings (SSSR count). The van der Waals surface area contributed by atoms with Gasteiger partial charge in [-0.25, -0.2) is 0 Å². The molecule has 0 aliphatic rings. The van der Waals surface area contributed by atoms with Crippen molar-refractivity contribution in [3.8, 4) is 0 Å². The fraction of sp³-hybridized carbons (Fsp3) is 0.176. The number of hydrogen-bond donors (Lipinski definition) is 1. The van der Waals surface area contributed by atoms with E-state index in [1.54, 1.807) is 24.3 Å². The molecule has 0 aliphatic carbocycles. The van der Waals surface area contributed by atoms with Crippen molar-refractivity contribution in [1.29, 1.82) is 0 Å². The molecule has 120 valence electrons. The topological polar surface area (TPSA) is 49.4 Å². The number of anilines is 1. The van der Waals surface area contributed by atoms with Crippen LogP contribution in [0, 0.1) is 0 Å². The predicted molar refractivity (Wildman–Crippen MR) is 95.3 cm³/mol. The average Bonchev–Trinajstić information content (AvgIpc) is 2.51. The molecule has 0 spiro atoms. The van der Waals surface area contributed by atoms with E-state index in [0.29, 0.717) is 17.3 Å². The van der Waals surface area contributed by atoms with Gasteiger partial charge in [0, 0.05) is 28.7 Å². The fourth-order valence-electron chi connectivity index (χ4n) is 2.00. The molecule has 0 atom stereocenters. The van der Waals surface area contributed by atoms with E-state index in [0.717, 1.165) is 10.0 Å². The summed E-state index contributed by atoms with van der Waals surface area (Å²) in [5, 5.41) is 3.41. The Morgan fingerprint density at radius 2 is 1.70 bits per heavy atom. The van der Waals surface area contributed by atoms with Gasteiger partial charge in [-0.05, 0) is 42.0 Å². The Hall–Kier alpha value is -1.85. The monoisotopic (exact) mass is 394 g/mol. The van der Waals surface area contributed by atoms with E-state index < -0.39 is 0 Å². The SMILES string of the molecule is CC(=O)N(CC(=O)Nc1ccc(Br)cc1)Cc1ccc(Cl)cc1. The van der Waals surface area contributed by atoms with E-state index in [-0.39, 0.29) is 18.4 Å². The van der Waals surface area contributed by atoms with Gasteiger partial charge in [0.15, 0.2) is 0 Å². The van der Waals surface area contributed by atoms with Crippen LogP contribution in [0.4, 0.5) is 5.69 Å². The van der Waals surface area contributed by atoms with Crippen molar-refractivity contribution in [2.24, 2.45) is 0 Å². The summed E-state index contributed by atoms with van der Waals surface area (Å²) in [5.41, 5.74) is 1.61. The van der Waals surface area contributed by atoms with Crippen molar-refractivity contribution in [2.45, 2.75) is 13.5 Å². The van der Waals surface area contributed by atoms with Crippen molar-refractivity contribution in [3.63, 3.8) is 0 Å². The Labute approximate surface area is 148 Å². The zero-order valence-corrected chi connectivity index (χ0v) is 14.9. The fourth-order valence-corrected chi connectivity index (χ4v) is 2.39. The van der Waals surface area contributed by atoms with Gasteiger partial charge in [0.05, 0.1) is 0 Å². The smallest absolute Gasteiger partial charge is 0.244 e. The highest BCUT2D eigenvalue weighted by atomic mass is 79.9. The molecule has 0 saturated carbocycles. The molecule has 2 aromatic rings. The summed E-state index contributed by atoms with van der Waals surface area (Å²) in [6.07, 6.45) is 0. The first-order valence-corrected chi connectivity index (χ1v) is 8.16. The lowest BCUT2D eigenvalue weighted by molar-refractivity contribution is -0.133. The quantitative estimate of drug-likeness (QED) is 0.829. The summed E-state index contributed by atoms with van der Waals surface area (Å²) < 4.78 is 0.934. The molecule has 6 heteroatoms. The number of rotatable bonds is 5. The summed E-state index contributed by atoms with van der Waals surface area (Å²) >= 11 is 9.19. The lowest BCUT2D eigenvalue weighted by atomic mass is 10.2. The highest BCUT2D eigenvalue weighted by Crippen LogP contribution is 2.15. The third-order valence-corrected chi connectivity index (χ3v) is 3.98. The van der Waals surface area contributed by atoms with Crippen molar-refractivity contribution in [2.75, 3.05) is 11.9 Å². The highest BCUT2D eigenvalue weighted by Gasteiger charge is 2.14. The van der Waals surface area contributed by atoms with Gasteiger partial charge in [0.25, 0.3) is 0 Å². The Kier molecular flexibility index (Phi) is 6.19. The van der Waals surface area contributed by atoms with Crippen LogP contribution in [0.15, 0.2) is 53.0 Å². The summed E-state index contributed by atoms with van der Waals surface area (Å²) in [6.45, 7) is 1.80. The Morgan fingerprint density at radius 1 is 1.09 bits per heavy atom. The third-order valence-electron chi connectivity index (χ3n) is 3.19. The molecule has 2 aromatic carbocycles. The van der Waals surface area contributed by atoms with Crippen LogP contribution in [0.25, 0.3) is 0 Å². The molecule has 0 heterocycles. The number of carbonyl (C=O) groups is 2. The predicted octanol–water partition coefficient (Wildman–Crippen LogP) is 4.09. The van der Waals surface area contributed by atoms with Gasteiger partial charge >= 0.3 is 0 Å². The maximum absolute atomic E-state index is 12.1. The van der Waals surface area contributed by atoms with E-state index in [2.05, 4.69) is 21.2 Å². The number of carbonyl (C=O) groups excluding carboxylic acids is 2. The molecule has 4 nitrogen and oxygen atoms in total. The van der Waals surface area contributed by atoms with Crippen LogP contribution in [-0.4, -0.2) is 23.3 Å². The van der Waals surface area contributed by atoms with E-state index >= 15 is 0 Å². The van der Waals surface area contributed by atoms with Crippen LogP contribution < -0.4 is 5.32 Å². The van der Waals surface area contributed by atoms with Gasteiger partial charge in [0.2, 0.25) is 11.8 Å². The van der Waals surface area contributed by atoms with Crippen molar-refractivity contribution < 1.29 is 9.59 Å². The summed E-state index contributed by atoms with van der Waals surface area (Å²) in [7, 11) is 0. The van der Waals surface area contributed by atoms with Gasteiger partial charge in [-0.1, -0.05) is 39.7 Å². The second-order valence-electron chi connectivity index (χ2n) is 5.06. The zero-order valence-electron chi connectivity index (χ0n) is 12.6. The molecular formula is C17H16BrClN2O2. The van der Waals surface area contributed by atoms with E-state index in [4.69, 9.17) is 11.6 Å². The molecule has 0 aliphatic heterocycles. The second-order valence-corrected chi connectivity index (χ2v) is 6.41. The molecule has 1 N–H and O–H groups in total. The lowest BCUT2D eigenvalue weighted by Gasteiger charge is -2.20.